The number of nitrogens with one attached hydrogen (secondary N) is 1. The van der Waals surface area contributed by atoms with E-state index in [-0.39, 0.29) is 6.04 Å². The average molecular weight is 348 g/mol. The van der Waals surface area contributed by atoms with Gasteiger partial charge in [-0.1, -0.05) is 12.1 Å². The lowest BCUT2D eigenvalue weighted by Crippen LogP contribution is -2.18. The molecule has 2 aromatic rings. The Morgan fingerprint density at radius 2 is 1.85 bits per heavy atom. The van der Waals surface area contributed by atoms with Gasteiger partial charge in [-0.05, 0) is 53.2 Å². The fourth-order valence-electron chi connectivity index (χ4n) is 1.95. The highest BCUT2D eigenvalue weighted by Crippen LogP contribution is 2.30. The lowest BCUT2D eigenvalue weighted by molar-refractivity contribution is -0.137. The number of alkyl halides is 3. The predicted molar refractivity (Wildman–Crippen MR) is 73.4 cm³/mol. The molecule has 108 valence electrons. The zero-order chi connectivity index (χ0) is 14.8. The van der Waals surface area contributed by atoms with Crippen molar-refractivity contribution in [3.05, 3.63) is 58.0 Å². The van der Waals surface area contributed by atoms with E-state index in [0.29, 0.717) is 6.42 Å². The van der Waals surface area contributed by atoms with E-state index in [1.807, 2.05) is 0 Å². The monoisotopic (exact) mass is 347 g/mol. The minimum Gasteiger partial charge on any atom is -0.466 e. The van der Waals surface area contributed by atoms with Crippen molar-refractivity contribution in [3.63, 3.8) is 0 Å². The standard InChI is InChI=1S/C14H13BrF3NO/c1-19-12(13-11(15)6-7-20-13)8-9-2-4-10(5-3-9)14(16,17)18/h2-7,12,19H,8H2,1H3. The molecule has 1 aromatic heterocycles. The zero-order valence-electron chi connectivity index (χ0n) is 10.7. The van der Waals surface area contributed by atoms with E-state index in [0.717, 1.165) is 27.9 Å². The first-order valence-corrected chi connectivity index (χ1v) is 6.77. The van der Waals surface area contributed by atoms with Gasteiger partial charge in [0.2, 0.25) is 0 Å². The van der Waals surface area contributed by atoms with Gasteiger partial charge in [-0.25, -0.2) is 0 Å². The topological polar surface area (TPSA) is 25.2 Å². The molecule has 0 bridgehead atoms. The fraction of sp³-hybridized carbons (Fsp3) is 0.286. The van der Waals surface area contributed by atoms with Crippen LogP contribution in [0.15, 0.2) is 45.5 Å². The highest BCUT2D eigenvalue weighted by molar-refractivity contribution is 9.10. The van der Waals surface area contributed by atoms with Crippen LogP contribution >= 0.6 is 15.9 Å². The Morgan fingerprint density at radius 3 is 2.30 bits per heavy atom. The summed E-state index contributed by atoms with van der Waals surface area (Å²) >= 11 is 3.38. The molecule has 6 heteroatoms. The fourth-order valence-corrected chi connectivity index (χ4v) is 2.42. The summed E-state index contributed by atoms with van der Waals surface area (Å²) in [5.74, 6) is 0.729. The van der Waals surface area contributed by atoms with Gasteiger partial charge in [-0.3, -0.25) is 0 Å². The van der Waals surface area contributed by atoms with E-state index in [4.69, 9.17) is 4.42 Å². The maximum absolute atomic E-state index is 12.5. The molecule has 0 saturated carbocycles. The third-order valence-corrected chi connectivity index (χ3v) is 3.69. The first kappa shape index (κ1) is 15.1. The Kier molecular flexibility index (Phi) is 4.55. The first-order chi connectivity index (χ1) is 9.41. The molecule has 0 amide bonds. The molecular weight excluding hydrogens is 335 g/mol. The van der Waals surface area contributed by atoms with Crippen LogP contribution in [0, 0.1) is 0 Å². The molecule has 0 fully saturated rings. The number of benzene rings is 1. The van der Waals surface area contributed by atoms with Crippen molar-refractivity contribution >= 4 is 15.9 Å². The summed E-state index contributed by atoms with van der Waals surface area (Å²) in [5, 5.41) is 3.09. The predicted octanol–water partition coefficient (Wildman–Crippen LogP) is 4.56. The SMILES string of the molecule is CNC(Cc1ccc(C(F)(F)F)cc1)c1occc1Br. The van der Waals surface area contributed by atoms with E-state index >= 15 is 0 Å². The molecule has 20 heavy (non-hydrogen) atoms. The van der Waals surface area contributed by atoms with Gasteiger partial charge in [0.25, 0.3) is 0 Å². The molecule has 1 N–H and O–H groups in total. The number of hydrogen-bond donors (Lipinski definition) is 1. The van der Waals surface area contributed by atoms with Crippen molar-refractivity contribution in [3.8, 4) is 0 Å². The smallest absolute Gasteiger partial charge is 0.416 e. The van der Waals surface area contributed by atoms with Crippen LogP contribution < -0.4 is 5.32 Å². The van der Waals surface area contributed by atoms with Crippen LogP contribution in [0.25, 0.3) is 0 Å². The van der Waals surface area contributed by atoms with Gasteiger partial charge in [0.15, 0.2) is 0 Å². The lowest BCUT2D eigenvalue weighted by Gasteiger charge is -2.15. The van der Waals surface area contributed by atoms with E-state index in [9.17, 15) is 13.2 Å². The number of likely N-dealkylation sites (N-methyl/N-ethyl adjacent to an activating group) is 1. The third kappa shape index (κ3) is 3.43. The van der Waals surface area contributed by atoms with Crippen molar-refractivity contribution < 1.29 is 17.6 Å². The van der Waals surface area contributed by atoms with Crippen LogP contribution in [0.3, 0.4) is 0 Å². The molecule has 0 spiro atoms. The number of rotatable bonds is 4. The van der Waals surface area contributed by atoms with E-state index < -0.39 is 11.7 Å². The molecule has 2 nitrogen and oxygen atoms in total. The summed E-state index contributed by atoms with van der Waals surface area (Å²) in [7, 11) is 1.78. The Balaban J connectivity index is 2.15. The minimum atomic E-state index is -4.30. The van der Waals surface area contributed by atoms with Crippen molar-refractivity contribution in [1.29, 1.82) is 0 Å². The Hall–Kier alpha value is -1.27. The zero-order valence-corrected chi connectivity index (χ0v) is 12.3. The van der Waals surface area contributed by atoms with Gasteiger partial charge in [0.05, 0.1) is 22.3 Å². The van der Waals surface area contributed by atoms with Gasteiger partial charge in [-0.2, -0.15) is 13.2 Å². The molecule has 0 aliphatic carbocycles. The lowest BCUT2D eigenvalue weighted by atomic mass is 10.0. The molecule has 0 aliphatic rings. The Labute approximate surface area is 123 Å². The molecule has 0 saturated heterocycles. The largest absolute Gasteiger partial charge is 0.466 e. The van der Waals surface area contributed by atoms with Crippen molar-refractivity contribution in [2.75, 3.05) is 7.05 Å². The summed E-state index contributed by atoms with van der Waals surface area (Å²) in [6.45, 7) is 0. The van der Waals surface area contributed by atoms with Gasteiger partial charge in [0, 0.05) is 0 Å². The van der Waals surface area contributed by atoms with Crippen LogP contribution in [0.1, 0.15) is 22.9 Å². The second-order valence-corrected chi connectivity index (χ2v) is 5.23. The number of hydrogen-bond acceptors (Lipinski definition) is 2. The molecule has 2 rings (SSSR count). The molecular formula is C14H13BrF3NO. The van der Waals surface area contributed by atoms with E-state index in [1.165, 1.54) is 12.1 Å². The van der Waals surface area contributed by atoms with E-state index in [2.05, 4.69) is 21.2 Å². The van der Waals surface area contributed by atoms with Crippen molar-refractivity contribution in [2.45, 2.75) is 18.6 Å². The summed E-state index contributed by atoms with van der Waals surface area (Å²) in [4.78, 5) is 0. The number of halogens is 4. The Bertz CT molecular complexity index is 563. The summed E-state index contributed by atoms with van der Waals surface area (Å²) in [6.07, 6.45) is -2.19. The summed E-state index contributed by atoms with van der Waals surface area (Å²) in [6, 6.07) is 6.86. The maximum Gasteiger partial charge on any atom is 0.416 e. The van der Waals surface area contributed by atoms with Crippen LogP contribution in [-0.2, 0) is 12.6 Å². The van der Waals surface area contributed by atoms with Gasteiger partial charge >= 0.3 is 6.18 Å². The minimum absolute atomic E-state index is 0.101. The molecule has 0 aliphatic heterocycles. The maximum atomic E-state index is 12.5. The quantitative estimate of drug-likeness (QED) is 0.876. The van der Waals surface area contributed by atoms with Crippen LogP contribution in [0.2, 0.25) is 0 Å². The first-order valence-electron chi connectivity index (χ1n) is 5.98. The molecule has 1 heterocycles. The summed E-state index contributed by atoms with van der Waals surface area (Å²) < 4.78 is 43.7. The molecule has 0 radical (unpaired) electrons. The van der Waals surface area contributed by atoms with E-state index in [1.54, 1.807) is 19.4 Å². The normalized spacial score (nSPS) is 13.4. The summed E-state index contributed by atoms with van der Waals surface area (Å²) in [5.41, 5.74) is 0.169. The van der Waals surface area contributed by atoms with Crippen LogP contribution in [0.5, 0.6) is 0 Å². The van der Waals surface area contributed by atoms with Gasteiger partial charge in [0.1, 0.15) is 5.76 Å². The van der Waals surface area contributed by atoms with Gasteiger partial charge in [-0.15, -0.1) is 0 Å². The highest BCUT2D eigenvalue weighted by Gasteiger charge is 2.30. The second-order valence-electron chi connectivity index (χ2n) is 4.37. The Morgan fingerprint density at radius 1 is 1.20 bits per heavy atom. The second kappa shape index (κ2) is 6.01. The van der Waals surface area contributed by atoms with Crippen LogP contribution in [0.4, 0.5) is 13.2 Å². The van der Waals surface area contributed by atoms with Crippen molar-refractivity contribution in [1.82, 2.24) is 5.32 Å². The molecule has 1 atom stereocenters. The van der Waals surface area contributed by atoms with Crippen LogP contribution in [-0.4, -0.2) is 7.05 Å². The number of furan rings is 1. The highest BCUT2D eigenvalue weighted by atomic mass is 79.9. The third-order valence-electron chi connectivity index (χ3n) is 3.03. The molecule has 1 aromatic carbocycles. The van der Waals surface area contributed by atoms with Crippen molar-refractivity contribution in [2.24, 2.45) is 0 Å². The van der Waals surface area contributed by atoms with Gasteiger partial charge < -0.3 is 9.73 Å². The molecule has 1 unspecified atom stereocenters. The average Bonchev–Trinajstić information content (AvgIpc) is 2.82.